The van der Waals surface area contributed by atoms with Crippen molar-refractivity contribution in [1.82, 2.24) is 10.6 Å². The molecule has 0 saturated heterocycles. The minimum absolute atomic E-state index is 0.182. The third-order valence-corrected chi connectivity index (χ3v) is 1.96. The molecule has 4 nitrogen and oxygen atoms in total. The standard InChI is InChI=1S/C9H15N3O/c10-4-1-5-11-6-7-12-9(13)8-2-3-8/h8,11H,1-3,5-7H2,(H,12,13). The van der Waals surface area contributed by atoms with Crippen LogP contribution in [0.4, 0.5) is 0 Å². The molecule has 1 amide bonds. The molecule has 0 unspecified atom stereocenters. The van der Waals surface area contributed by atoms with Crippen LogP contribution in [0.15, 0.2) is 0 Å². The Labute approximate surface area is 78.3 Å². The van der Waals surface area contributed by atoms with Crippen LogP contribution in [0.1, 0.15) is 19.3 Å². The lowest BCUT2D eigenvalue weighted by Crippen LogP contribution is -2.32. The predicted octanol–water partition coefficient (Wildman–Crippen LogP) is 0.0159. The van der Waals surface area contributed by atoms with Crippen molar-refractivity contribution in [2.24, 2.45) is 5.92 Å². The van der Waals surface area contributed by atoms with E-state index in [9.17, 15) is 4.79 Å². The molecule has 4 heteroatoms. The molecule has 2 N–H and O–H groups in total. The van der Waals surface area contributed by atoms with E-state index in [2.05, 4.69) is 10.6 Å². The fourth-order valence-electron chi connectivity index (χ4n) is 1.03. The van der Waals surface area contributed by atoms with E-state index in [4.69, 9.17) is 5.26 Å². The van der Waals surface area contributed by atoms with Crippen LogP contribution < -0.4 is 10.6 Å². The summed E-state index contributed by atoms with van der Waals surface area (Å²) in [6.07, 6.45) is 2.62. The largest absolute Gasteiger partial charge is 0.355 e. The van der Waals surface area contributed by atoms with Gasteiger partial charge in [0.2, 0.25) is 5.91 Å². The number of hydrogen-bond acceptors (Lipinski definition) is 3. The van der Waals surface area contributed by atoms with E-state index < -0.39 is 0 Å². The number of hydrogen-bond donors (Lipinski definition) is 2. The van der Waals surface area contributed by atoms with Gasteiger partial charge >= 0.3 is 0 Å². The summed E-state index contributed by atoms with van der Waals surface area (Å²) >= 11 is 0. The van der Waals surface area contributed by atoms with Gasteiger partial charge in [0.1, 0.15) is 0 Å². The Morgan fingerprint density at radius 2 is 2.15 bits per heavy atom. The average Bonchev–Trinajstić information content (AvgIpc) is 2.93. The van der Waals surface area contributed by atoms with Gasteiger partial charge in [-0.05, 0) is 12.8 Å². The molecule has 0 heterocycles. The molecule has 0 atom stereocenters. The molecule has 0 bridgehead atoms. The smallest absolute Gasteiger partial charge is 0.223 e. The second-order valence-corrected chi connectivity index (χ2v) is 3.22. The topological polar surface area (TPSA) is 64.9 Å². The van der Waals surface area contributed by atoms with Crippen molar-refractivity contribution in [2.45, 2.75) is 19.3 Å². The van der Waals surface area contributed by atoms with Gasteiger partial charge in [0, 0.05) is 32.0 Å². The van der Waals surface area contributed by atoms with Gasteiger partial charge in [0.25, 0.3) is 0 Å². The van der Waals surface area contributed by atoms with E-state index in [1.54, 1.807) is 0 Å². The van der Waals surface area contributed by atoms with Crippen molar-refractivity contribution in [2.75, 3.05) is 19.6 Å². The molecule has 72 valence electrons. The highest BCUT2D eigenvalue weighted by Crippen LogP contribution is 2.28. The van der Waals surface area contributed by atoms with E-state index in [-0.39, 0.29) is 5.91 Å². The number of carbonyl (C=O) groups excluding carboxylic acids is 1. The third kappa shape index (κ3) is 4.48. The van der Waals surface area contributed by atoms with E-state index in [0.717, 1.165) is 19.4 Å². The SMILES string of the molecule is N#CCCNCCNC(=O)C1CC1. The number of nitrogens with zero attached hydrogens (tertiary/aromatic N) is 1. The van der Waals surface area contributed by atoms with E-state index in [0.29, 0.717) is 25.4 Å². The monoisotopic (exact) mass is 181 g/mol. The van der Waals surface area contributed by atoms with Gasteiger partial charge in [-0.15, -0.1) is 0 Å². The first-order valence-electron chi connectivity index (χ1n) is 4.70. The summed E-state index contributed by atoms with van der Waals surface area (Å²) in [5.74, 6) is 0.473. The summed E-state index contributed by atoms with van der Waals surface area (Å²) in [6, 6.07) is 2.05. The number of nitriles is 1. The maximum Gasteiger partial charge on any atom is 0.223 e. The quantitative estimate of drug-likeness (QED) is 0.567. The lowest BCUT2D eigenvalue weighted by molar-refractivity contribution is -0.122. The molecule has 0 radical (unpaired) electrons. The van der Waals surface area contributed by atoms with Gasteiger partial charge in [0.15, 0.2) is 0 Å². The van der Waals surface area contributed by atoms with Gasteiger partial charge in [-0.1, -0.05) is 0 Å². The highest BCUT2D eigenvalue weighted by molar-refractivity contribution is 5.80. The Balaban J connectivity index is 1.83. The first kappa shape index (κ1) is 10.0. The van der Waals surface area contributed by atoms with Crippen molar-refractivity contribution in [3.05, 3.63) is 0 Å². The summed E-state index contributed by atoms with van der Waals surface area (Å²) in [4.78, 5) is 11.1. The van der Waals surface area contributed by atoms with Crippen molar-refractivity contribution >= 4 is 5.91 Å². The van der Waals surface area contributed by atoms with Crippen LogP contribution in [0.25, 0.3) is 0 Å². The van der Waals surface area contributed by atoms with Gasteiger partial charge in [-0.3, -0.25) is 4.79 Å². The fraction of sp³-hybridized carbons (Fsp3) is 0.778. The Bertz CT molecular complexity index is 205. The summed E-state index contributed by atoms with van der Waals surface area (Å²) in [5, 5.41) is 14.1. The minimum Gasteiger partial charge on any atom is -0.355 e. The fourth-order valence-corrected chi connectivity index (χ4v) is 1.03. The van der Waals surface area contributed by atoms with Crippen LogP contribution in [0, 0.1) is 17.2 Å². The molecule has 1 rings (SSSR count). The van der Waals surface area contributed by atoms with Crippen molar-refractivity contribution < 1.29 is 4.79 Å². The molecule has 0 aromatic carbocycles. The average molecular weight is 181 g/mol. The first-order valence-corrected chi connectivity index (χ1v) is 4.70. The van der Waals surface area contributed by atoms with Gasteiger partial charge in [-0.2, -0.15) is 5.26 Å². The van der Waals surface area contributed by atoms with E-state index in [1.807, 2.05) is 6.07 Å². The molecule has 13 heavy (non-hydrogen) atoms. The third-order valence-electron chi connectivity index (χ3n) is 1.96. The summed E-state index contributed by atoms with van der Waals surface area (Å²) in [5.41, 5.74) is 0. The summed E-state index contributed by atoms with van der Waals surface area (Å²) in [6.45, 7) is 2.12. The van der Waals surface area contributed by atoms with Gasteiger partial charge in [-0.25, -0.2) is 0 Å². The van der Waals surface area contributed by atoms with E-state index >= 15 is 0 Å². The molecule has 0 aliphatic heterocycles. The van der Waals surface area contributed by atoms with Crippen molar-refractivity contribution in [3.63, 3.8) is 0 Å². The van der Waals surface area contributed by atoms with Gasteiger partial charge < -0.3 is 10.6 Å². The molecule has 0 aromatic heterocycles. The van der Waals surface area contributed by atoms with Crippen LogP contribution in [-0.2, 0) is 4.79 Å². The summed E-state index contributed by atoms with van der Waals surface area (Å²) < 4.78 is 0. The van der Waals surface area contributed by atoms with Gasteiger partial charge in [0.05, 0.1) is 6.07 Å². The second kappa shape index (κ2) is 5.55. The van der Waals surface area contributed by atoms with Crippen LogP contribution in [0.3, 0.4) is 0 Å². The van der Waals surface area contributed by atoms with Crippen LogP contribution in [-0.4, -0.2) is 25.5 Å². The molecule has 1 fully saturated rings. The molecule has 1 aliphatic rings. The Hall–Kier alpha value is -1.08. The van der Waals surface area contributed by atoms with Crippen molar-refractivity contribution in [3.8, 4) is 6.07 Å². The zero-order valence-electron chi connectivity index (χ0n) is 7.68. The zero-order valence-corrected chi connectivity index (χ0v) is 7.68. The molecular weight excluding hydrogens is 166 g/mol. The Morgan fingerprint density at radius 1 is 1.38 bits per heavy atom. The normalized spacial score (nSPS) is 15.0. The maximum absolute atomic E-state index is 11.1. The molecular formula is C9H15N3O. The molecule has 0 spiro atoms. The highest BCUT2D eigenvalue weighted by Gasteiger charge is 2.28. The Morgan fingerprint density at radius 3 is 2.77 bits per heavy atom. The lowest BCUT2D eigenvalue weighted by Gasteiger charge is -2.04. The van der Waals surface area contributed by atoms with Crippen LogP contribution in [0.2, 0.25) is 0 Å². The number of rotatable bonds is 6. The second-order valence-electron chi connectivity index (χ2n) is 3.22. The molecule has 1 aliphatic carbocycles. The number of carbonyl (C=O) groups is 1. The van der Waals surface area contributed by atoms with Crippen molar-refractivity contribution in [1.29, 1.82) is 5.26 Å². The maximum atomic E-state index is 11.1. The van der Waals surface area contributed by atoms with Crippen LogP contribution in [0.5, 0.6) is 0 Å². The zero-order chi connectivity index (χ0) is 9.52. The molecule has 1 saturated carbocycles. The highest BCUT2D eigenvalue weighted by atomic mass is 16.2. The Kier molecular flexibility index (Phi) is 4.27. The number of amides is 1. The summed E-state index contributed by atoms with van der Waals surface area (Å²) in [7, 11) is 0. The number of nitrogens with one attached hydrogen (secondary N) is 2. The van der Waals surface area contributed by atoms with Crippen LogP contribution >= 0.6 is 0 Å². The molecule has 0 aromatic rings. The minimum atomic E-state index is 0.182. The predicted molar refractivity (Wildman–Crippen MR) is 48.8 cm³/mol. The lowest BCUT2D eigenvalue weighted by atomic mass is 10.4. The van der Waals surface area contributed by atoms with E-state index in [1.165, 1.54) is 0 Å². The first-order chi connectivity index (χ1) is 6.34.